The number of hydrogen-bond acceptors (Lipinski definition) is 2. The van der Waals surface area contributed by atoms with Crippen molar-refractivity contribution >= 4 is 0 Å². The van der Waals surface area contributed by atoms with Gasteiger partial charge in [-0.2, -0.15) is 5.53 Å². The second-order valence-corrected chi connectivity index (χ2v) is 0.856. The highest BCUT2D eigenvalue weighted by molar-refractivity contribution is 4.58. The first-order chi connectivity index (χ1) is 2.81. The Kier molecular flexibility index (Phi) is 2.04. The van der Waals surface area contributed by atoms with Crippen LogP contribution in [0.4, 0.5) is 0 Å². The van der Waals surface area contributed by atoms with E-state index in [-0.39, 0.29) is 0 Å². The van der Waals surface area contributed by atoms with Gasteiger partial charge in [0.1, 0.15) is 0 Å². The maximum Gasteiger partial charge on any atom is 0.0313 e. The molecule has 0 fully saturated rings. The Bertz CT molecular complexity index is 51.1. The van der Waals surface area contributed by atoms with Gasteiger partial charge in [-0.25, -0.2) is 0 Å². The molecule has 3 heteroatoms. The van der Waals surface area contributed by atoms with E-state index >= 15 is 0 Å². The number of nitrogens with one attached hydrogen (secondary N) is 1. The van der Waals surface area contributed by atoms with Crippen molar-refractivity contribution in [3.63, 3.8) is 0 Å². The van der Waals surface area contributed by atoms with Crippen LogP contribution >= 0.6 is 0 Å². The zero-order chi connectivity index (χ0) is 4.99. The fourth-order valence-corrected chi connectivity index (χ4v) is 0.0408. The second-order valence-electron chi connectivity index (χ2n) is 0.856. The number of hydrogen-bond donors (Lipinski definition) is 1. The van der Waals surface area contributed by atoms with Crippen molar-refractivity contribution in [3.05, 3.63) is 12.8 Å². The first-order valence-electron chi connectivity index (χ1n) is 1.54. The van der Waals surface area contributed by atoms with E-state index in [9.17, 15) is 0 Å². The highest BCUT2D eigenvalue weighted by Gasteiger charge is 1.71. The summed E-state index contributed by atoms with van der Waals surface area (Å²) in [6.45, 7) is 3.34. The zero-order valence-electron chi connectivity index (χ0n) is 3.68. The average Bonchev–Trinajstić information content (AvgIpc) is 1.65. The van der Waals surface area contributed by atoms with Crippen LogP contribution in [0.25, 0.3) is 0 Å². The predicted octanol–water partition coefficient (Wildman–Crippen LogP) is 1.01. The summed E-state index contributed by atoms with van der Waals surface area (Å²) in [6, 6.07) is 0. The van der Waals surface area contributed by atoms with Crippen LogP contribution < -0.4 is 0 Å². The normalized spacial score (nSPS) is 6.83. The van der Waals surface area contributed by atoms with Crippen molar-refractivity contribution < 1.29 is 0 Å². The van der Waals surface area contributed by atoms with Gasteiger partial charge in [0.25, 0.3) is 0 Å². The van der Waals surface area contributed by atoms with Gasteiger partial charge in [0.15, 0.2) is 0 Å². The monoisotopic (exact) mass is 85.1 g/mol. The largest absolute Gasteiger partial charge is 0.258 e. The van der Waals surface area contributed by atoms with Crippen LogP contribution in [0.2, 0.25) is 0 Å². The molecule has 0 aliphatic carbocycles. The van der Waals surface area contributed by atoms with E-state index in [1.165, 1.54) is 11.2 Å². The number of nitrogens with zero attached hydrogens (tertiary/aromatic N) is 2. The van der Waals surface area contributed by atoms with E-state index in [0.717, 1.165) is 0 Å². The molecule has 0 amide bonds. The minimum absolute atomic E-state index is 1.31. The molecule has 0 saturated carbocycles. The standard InChI is InChI=1S/C3H7N3/c1-3-6(2)5-4/h3-4H,1H2,2H3. The molecule has 0 atom stereocenters. The zero-order valence-corrected chi connectivity index (χ0v) is 3.68. The van der Waals surface area contributed by atoms with Gasteiger partial charge in [-0.05, 0) is 0 Å². The summed E-state index contributed by atoms with van der Waals surface area (Å²) < 4.78 is 0. The summed E-state index contributed by atoms with van der Waals surface area (Å²) in [6.07, 6.45) is 1.45. The van der Waals surface area contributed by atoms with Crippen LogP contribution in [0.3, 0.4) is 0 Å². The third kappa shape index (κ3) is 1.46. The Morgan fingerprint density at radius 2 is 2.50 bits per heavy atom. The second kappa shape index (κ2) is 2.38. The molecule has 0 spiro atoms. The maximum atomic E-state index is 6.29. The van der Waals surface area contributed by atoms with Crippen molar-refractivity contribution in [1.29, 1.82) is 5.53 Å². The summed E-state index contributed by atoms with van der Waals surface area (Å²) in [5, 5.41) is 4.28. The first-order valence-corrected chi connectivity index (χ1v) is 1.54. The van der Waals surface area contributed by atoms with E-state index in [0.29, 0.717) is 0 Å². The molecule has 0 aliphatic heterocycles. The van der Waals surface area contributed by atoms with E-state index in [4.69, 9.17) is 5.53 Å². The molecule has 0 unspecified atom stereocenters. The Morgan fingerprint density at radius 3 is 2.50 bits per heavy atom. The lowest BCUT2D eigenvalue weighted by atomic mass is 11.0. The van der Waals surface area contributed by atoms with Crippen LogP contribution in [-0.4, -0.2) is 12.1 Å². The maximum absolute atomic E-state index is 6.29. The highest BCUT2D eigenvalue weighted by Crippen LogP contribution is 1.76. The summed E-state index contributed by atoms with van der Waals surface area (Å²) in [5.41, 5.74) is 6.29. The fourth-order valence-electron chi connectivity index (χ4n) is 0.0408. The summed E-state index contributed by atoms with van der Waals surface area (Å²) >= 11 is 0. The molecule has 34 valence electrons. The van der Waals surface area contributed by atoms with Crippen molar-refractivity contribution in [3.8, 4) is 0 Å². The van der Waals surface area contributed by atoms with E-state index in [1.54, 1.807) is 7.05 Å². The van der Waals surface area contributed by atoms with Gasteiger partial charge >= 0.3 is 0 Å². The fraction of sp³-hybridized carbons (Fsp3) is 0.333. The molecule has 0 rings (SSSR count). The van der Waals surface area contributed by atoms with Crippen molar-refractivity contribution in [1.82, 2.24) is 5.01 Å². The third-order valence-corrected chi connectivity index (χ3v) is 0.422. The van der Waals surface area contributed by atoms with Crippen molar-refractivity contribution in [2.24, 2.45) is 5.22 Å². The third-order valence-electron chi connectivity index (χ3n) is 0.422. The lowest BCUT2D eigenvalue weighted by Crippen LogP contribution is -1.95. The smallest absolute Gasteiger partial charge is 0.0313 e. The Morgan fingerprint density at radius 1 is 2.00 bits per heavy atom. The minimum Gasteiger partial charge on any atom is -0.258 e. The van der Waals surface area contributed by atoms with E-state index in [2.05, 4.69) is 11.8 Å². The van der Waals surface area contributed by atoms with E-state index in [1.807, 2.05) is 0 Å². The Hall–Kier alpha value is -0.860. The van der Waals surface area contributed by atoms with E-state index < -0.39 is 0 Å². The average molecular weight is 85.1 g/mol. The summed E-state index contributed by atoms with van der Waals surface area (Å²) in [5.74, 6) is 0. The van der Waals surface area contributed by atoms with Crippen LogP contribution in [0, 0.1) is 5.53 Å². The SMILES string of the molecule is C=CN(C)N=N. The molecule has 3 nitrogen and oxygen atoms in total. The van der Waals surface area contributed by atoms with Gasteiger partial charge in [0.2, 0.25) is 0 Å². The van der Waals surface area contributed by atoms with Gasteiger partial charge in [-0.1, -0.05) is 11.8 Å². The lowest BCUT2D eigenvalue weighted by Gasteiger charge is -1.96. The minimum atomic E-state index is 1.31. The summed E-state index contributed by atoms with van der Waals surface area (Å²) in [4.78, 5) is 0. The van der Waals surface area contributed by atoms with Gasteiger partial charge in [-0.3, -0.25) is 5.01 Å². The van der Waals surface area contributed by atoms with Crippen LogP contribution in [-0.2, 0) is 0 Å². The topological polar surface area (TPSA) is 39.5 Å². The van der Waals surface area contributed by atoms with Crippen molar-refractivity contribution in [2.75, 3.05) is 7.05 Å². The Balaban J connectivity index is 3.21. The molecule has 0 aliphatic rings. The van der Waals surface area contributed by atoms with Crippen molar-refractivity contribution in [2.45, 2.75) is 0 Å². The molecule has 0 aromatic heterocycles. The quantitative estimate of drug-likeness (QED) is 0.394. The first kappa shape index (κ1) is 5.14. The van der Waals surface area contributed by atoms with Gasteiger partial charge in [0.05, 0.1) is 0 Å². The van der Waals surface area contributed by atoms with Gasteiger partial charge in [0, 0.05) is 13.2 Å². The molecule has 0 saturated heterocycles. The van der Waals surface area contributed by atoms with Gasteiger partial charge < -0.3 is 0 Å². The highest BCUT2D eigenvalue weighted by atomic mass is 15.5. The van der Waals surface area contributed by atoms with Crippen LogP contribution in [0.5, 0.6) is 0 Å². The molecule has 1 N–H and O–H groups in total. The molecule has 6 heavy (non-hydrogen) atoms. The molecule has 0 aromatic carbocycles. The van der Waals surface area contributed by atoms with Crippen LogP contribution in [0.15, 0.2) is 18.0 Å². The molecular formula is C3H7N3. The van der Waals surface area contributed by atoms with Gasteiger partial charge in [-0.15, -0.1) is 0 Å². The molecule has 0 bridgehead atoms. The summed E-state index contributed by atoms with van der Waals surface area (Å²) in [7, 11) is 1.64. The Labute approximate surface area is 36.7 Å². The molecule has 0 aromatic rings. The molecule has 0 radical (unpaired) electrons. The number of rotatable bonds is 2. The molecule has 0 heterocycles. The molecular weight excluding hydrogens is 78.1 g/mol. The lowest BCUT2D eigenvalue weighted by molar-refractivity contribution is 0.442. The predicted molar refractivity (Wildman–Crippen MR) is 23.1 cm³/mol. The van der Waals surface area contributed by atoms with Crippen LogP contribution in [0.1, 0.15) is 0 Å².